The average molecular weight is 430 g/mol. The highest BCUT2D eigenvalue weighted by molar-refractivity contribution is 5.91. The molecule has 3 aromatic rings. The molecule has 30 heavy (non-hydrogen) atoms. The fourth-order valence-electron chi connectivity index (χ4n) is 2.61. The normalized spacial score (nSPS) is 12.2. The second-order valence-electron chi connectivity index (χ2n) is 6.19. The van der Waals surface area contributed by atoms with Crippen LogP contribution in [-0.2, 0) is 23.7 Å². The summed E-state index contributed by atoms with van der Waals surface area (Å²) >= 11 is 0. The molecule has 2 aromatic carbocycles. The summed E-state index contributed by atoms with van der Waals surface area (Å²) in [4.78, 5) is 19.9. The first kappa shape index (κ1) is 21.1. The van der Waals surface area contributed by atoms with E-state index in [1.807, 2.05) is 0 Å². The van der Waals surface area contributed by atoms with Gasteiger partial charge in [0.25, 0.3) is 0 Å². The highest BCUT2D eigenvalue weighted by Crippen LogP contribution is 2.36. The largest absolute Gasteiger partial charge is 0.457 e. The lowest BCUT2D eigenvalue weighted by Gasteiger charge is -2.14. The third-order valence-corrected chi connectivity index (χ3v) is 4.00. The van der Waals surface area contributed by atoms with Gasteiger partial charge in [0.05, 0.1) is 22.2 Å². The Morgan fingerprint density at radius 3 is 2.07 bits per heavy atom. The number of anilines is 2. The molecule has 0 aliphatic carbocycles. The van der Waals surface area contributed by atoms with Gasteiger partial charge < -0.3 is 16.2 Å². The molecule has 4 N–H and O–H groups in total. The fourth-order valence-corrected chi connectivity index (χ4v) is 2.61. The van der Waals surface area contributed by atoms with Gasteiger partial charge in [0.1, 0.15) is 12.4 Å². The number of carbonyl (C=O) groups is 1. The van der Waals surface area contributed by atoms with E-state index < -0.39 is 41.6 Å². The zero-order chi connectivity index (χ0) is 22.3. The first-order valence-electron chi connectivity index (χ1n) is 8.13. The molecular weight excluding hydrogens is 418 g/mol. The van der Waals surface area contributed by atoms with Crippen molar-refractivity contribution in [1.29, 1.82) is 0 Å². The summed E-state index contributed by atoms with van der Waals surface area (Å²) < 4.78 is 82.4. The molecule has 158 valence electrons. The molecule has 0 saturated heterocycles. The van der Waals surface area contributed by atoms with Crippen molar-refractivity contribution < 1.29 is 35.9 Å². The van der Waals surface area contributed by atoms with Crippen LogP contribution >= 0.6 is 0 Å². The van der Waals surface area contributed by atoms with E-state index in [0.29, 0.717) is 28.6 Å². The van der Waals surface area contributed by atoms with Crippen molar-refractivity contribution in [3.8, 4) is 0 Å². The number of ether oxygens (including phenoxy) is 1. The van der Waals surface area contributed by atoms with Crippen molar-refractivity contribution in [2.45, 2.75) is 19.0 Å². The van der Waals surface area contributed by atoms with E-state index in [4.69, 9.17) is 16.2 Å². The van der Waals surface area contributed by atoms with Gasteiger partial charge in [-0.1, -0.05) is 6.07 Å². The number of nitrogens with zero attached hydrogens (tertiary/aromatic N) is 2. The van der Waals surface area contributed by atoms with Crippen LogP contribution in [0.25, 0.3) is 10.9 Å². The van der Waals surface area contributed by atoms with Crippen LogP contribution in [0.5, 0.6) is 0 Å². The van der Waals surface area contributed by atoms with Crippen LogP contribution in [0, 0.1) is 0 Å². The third kappa shape index (κ3) is 4.53. The molecule has 0 spiro atoms. The Balaban J connectivity index is 1.86. The van der Waals surface area contributed by atoms with Gasteiger partial charge in [-0.15, -0.1) is 0 Å². The predicted octanol–water partition coefficient (Wildman–Crippen LogP) is 4.19. The Labute approximate surface area is 164 Å². The summed E-state index contributed by atoms with van der Waals surface area (Å²) in [6.45, 7) is -0.434. The molecule has 1 heterocycles. The molecule has 0 saturated carbocycles. The summed E-state index contributed by atoms with van der Waals surface area (Å²) in [7, 11) is 0. The predicted molar refractivity (Wildman–Crippen MR) is 93.9 cm³/mol. The van der Waals surface area contributed by atoms with Crippen LogP contribution < -0.4 is 11.5 Å². The van der Waals surface area contributed by atoms with Gasteiger partial charge in [-0.05, 0) is 35.9 Å². The second-order valence-corrected chi connectivity index (χ2v) is 6.19. The minimum Gasteiger partial charge on any atom is -0.457 e. The first-order valence-corrected chi connectivity index (χ1v) is 8.13. The van der Waals surface area contributed by atoms with Crippen LogP contribution in [0.15, 0.2) is 36.4 Å². The highest BCUT2D eigenvalue weighted by atomic mass is 19.4. The van der Waals surface area contributed by atoms with E-state index in [9.17, 15) is 31.1 Å². The zero-order valence-corrected chi connectivity index (χ0v) is 14.8. The number of hydrogen-bond acceptors (Lipinski definition) is 6. The van der Waals surface area contributed by atoms with Gasteiger partial charge in [0, 0.05) is 5.39 Å². The van der Waals surface area contributed by atoms with Gasteiger partial charge in [-0.25, -0.2) is 9.78 Å². The van der Waals surface area contributed by atoms with E-state index >= 15 is 0 Å². The SMILES string of the molecule is Nc1nc(N)c2cc(COC(=O)c3cc(C(F)(F)F)cc(C(F)(F)F)c3)ccc2n1. The monoisotopic (exact) mass is 430 g/mol. The van der Waals surface area contributed by atoms with E-state index in [-0.39, 0.29) is 17.8 Å². The number of hydrogen-bond donors (Lipinski definition) is 2. The van der Waals surface area contributed by atoms with Crippen molar-refractivity contribution in [2.75, 3.05) is 11.5 Å². The molecule has 0 radical (unpaired) electrons. The lowest BCUT2D eigenvalue weighted by atomic mass is 10.0. The van der Waals surface area contributed by atoms with E-state index in [1.54, 1.807) is 0 Å². The van der Waals surface area contributed by atoms with Crippen molar-refractivity contribution in [1.82, 2.24) is 9.97 Å². The van der Waals surface area contributed by atoms with Crippen molar-refractivity contribution in [2.24, 2.45) is 0 Å². The summed E-state index contributed by atoms with van der Waals surface area (Å²) in [5.74, 6) is -1.35. The molecule has 0 bridgehead atoms. The van der Waals surface area contributed by atoms with Gasteiger partial charge in [0.2, 0.25) is 5.95 Å². The molecule has 0 atom stereocenters. The smallest absolute Gasteiger partial charge is 0.416 e. The Bertz CT molecular complexity index is 1100. The Morgan fingerprint density at radius 2 is 1.50 bits per heavy atom. The lowest BCUT2D eigenvalue weighted by Crippen LogP contribution is -2.14. The second kappa shape index (κ2) is 7.35. The number of carbonyl (C=O) groups excluding carboxylic acids is 1. The zero-order valence-electron chi connectivity index (χ0n) is 14.8. The van der Waals surface area contributed by atoms with Crippen LogP contribution in [0.1, 0.15) is 27.0 Å². The highest BCUT2D eigenvalue weighted by Gasteiger charge is 2.37. The third-order valence-electron chi connectivity index (χ3n) is 4.00. The average Bonchev–Trinajstić information content (AvgIpc) is 2.64. The van der Waals surface area contributed by atoms with Crippen LogP contribution in [0.4, 0.5) is 38.1 Å². The number of aromatic nitrogens is 2. The van der Waals surface area contributed by atoms with Gasteiger partial charge in [0.15, 0.2) is 0 Å². The quantitative estimate of drug-likeness (QED) is 0.477. The fraction of sp³-hybridized carbons (Fsp3) is 0.167. The topological polar surface area (TPSA) is 104 Å². The molecule has 0 amide bonds. The number of nitrogen functional groups attached to an aromatic ring is 2. The standard InChI is InChI=1S/C18H12F6N4O2/c19-17(20,21)10-4-9(5-11(6-10)18(22,23)24)15(29)30-7-8-1-2-13-12(3-8)14(25)28-16(26)27-13/h1-6H,7H2,(H4,25,26,27,28). The lowest BCUT2D eigenvalue weighted by molar-refractivity contribution is -0.143. The number of fused-ring (bicyclic) bond motifs is 1. The Kier molecular flexibility index (Phi) is 5.18. The van der Waals surface area contributed by atoms with E-state index in [1.165, 1.54) is 18.2 Å². The molecule has 3 rings (SSSR count). The molecular formula is C18H12F6N4O2. The molecule has 0 aliphatic heterocycles. The number of benzene rings is 2. The maximum atomic E-state index is 12.9. The first-order chi connectivity index (χ1) is 13.8. The van der Waals surface area contributed by atoms with E-state index in [2.05, 4.69) is 9.97 Å². The van der Waals surface area contributed by atoms with Gasteiger partial charge >= 0.3 is 18.3 Å². The number of nitrogens with two attached hydrogens (primary N) is 2. The number of rotatable bonds is 3. The minimum absolute atomic E-state index is 0.0517. The van der Waals surface area contributed by atoms with Crippen molar-refractivity contribution in [3.05, 3.63) is 58.7 Å². The Morgan fingerprint density at radius 1 is 0.900 bits per heavy atom. The van der Waals surface area contributed by atoms with Crippen molar-refractivity contribution in [3.63, 3.8) is 0 Å². The maximum absolute atomic E-state index is 12.9. The molecule has 0 aliphatic rings. The summed E-state index contributed by atoms with van der Waals surface area (Å²) in [5, 5.41) is 0.385. The molecule has 0 fully saturated rings. The number of halogens is 6. The van der Waals surface area contributed by atoms with Crippen LogP contribution in [0.2, 0.25) is 0 Å². The van der Waals surface area contributed by atoms with Crippen LogP contribution in [0.3, 0.4) is 0 Å². The summed E-state index contributed by atoms with van der Waals surface area (Å²) in [6.07, 6.45) is -10.2. The van der Waals surface area contributed by atoms with Crippen molar-refractivity contribution >= 4 is 28.6 Å². The van der Waals surface area contributed by atoms with Crippen LogP contribution in [-0.4, -0.2) is 15.9 Å². The molecule has 0 unspecified atom stereocenters. The molecule has 12 heteroatoms. The maximum Gasteiger partial charge on any atom is 0.416 e. The molecule has 6 nitrogen and oxygen atoms in total. The number of esters is 1. The van der Waals surface area contributed by atoms with Gasteiger partial charge in [-0.2, -0.15) is 31.3 Å². The van der Waals surface area contributed by atoms with E-state index in [0.717, 1.165) is 0 Å². The number of alkyl halides is 6. The Hall–Kier alpha value is -3.57. The summed E-state index contributed by atoms with van der Waals surface area (Å²) in [6, 6.07) is 4.96. The summed E-state index contributed by atoms with van der Waals surface area (Å²) in [5.41, 5.74) is 7.87. The minimum atomic E-state index is -5.08. The molecule has 1 aromatic heterocycles. The van der Waals surface area contributed by atoms with Gasteiger partial charge in [-0.3, -0.25) is 0 Å².